The first-order valence-electron chi connectivity index (χ1n) is 25.8. The molecule has 0 amide bonds. The number of benzene rings is 10. The van der Waals surface area contributed by atoms with Gasteiger partial charge in [0.15, 0.2) is 5.84 Å². The highest BCUT2D eigenvalue weighted by molar-refractivity contribution is 7.19. The Morgan fingerprint density at radius 1 is 0.453 bits per heavy atom. The maximum atomic E-state index is 5.44. The quantitative estimate of drug-likeness (QED) is 0.162. The van der Waals surface area contributed by atoms with Crippen molar-refractivity contribution >= 4 is 82.8 Å². The largest absolute Gasteiger partial charge is 0.344 e. The Hall–Kier alpha value is -9.36. The fraction of sp³-hybridized carbons (Fsp3) is 0.0435. The van der Waals surface area contributed by atoms with Gasteiger partial charge in [0.1, 0.15) is 12.0 Å². The first-order chi connectivity index (χ1) is 37.2. The average Bonchev–Trinajstić information content (AvgIpc) is 4.16. The summed E-state index contributed by atoms with van der Waals surface area (Å²) >= 11 is 1.95. The Morgan fingerprint density at radius 2 is 1.08 bits per heavy atom. The van der Waals surface area contributed by atoms with Gasteiger partial charge in [0.2, 0.25) is 0 Å². The van der Waals surface area contributed by atoms with Gasteiger partial charge in [0, 0.05) is 53.3 Å². The number of para-hydroxylation sites is 2. The van der Waals surface area contributed by atoms with E-state index in [1.165, 1.54) is 75.4 Å². The van der Waals surface area contributed by atoms with Crippen molar-refractivity contribution in [3.63, 3.8) is 0 Å². The first-order valence-corrected chi connectivity index (χ1v) is 26.6. The number of rotatable bonds is 8. The van der Waals surface area contributed by atoms with Crippen molar-refractivity contribution in [1.29, 1.82) is 0 Å². The summed E-state index contributed by atoms with van der Waals surface area (Å²) in [5, 5.41) is 9.86. The Balaban J connectivity index is 0.977. The lowest BCUT2D eigenvalue weighted by Gasteiger charge is -2.25. The molecule has 2 aliphatic rings. The Labute approximate surface area is 438 Å². The molecule has 5 nitrogen and oxygen atoms in total. The van der Waals surface area contributed by atoms with Gasteiger partial charge in [-0.3, -0.25) is 0 Å². The van der Waals surface area contributed by atoms with E-state index in [9.17, 15) is 0 Å². The zero-order valence-corrected chi connectivity index (χ0v) is 41.7. The SMILES string of the molecule is C1=Cc2c(sc3cccc(-c4ccc5c6c(-c7cccc8c7c7ccccc7n8-c7cc(-c8ccccc8)ccc7C7=NC(c8ccccc8)NC(c8ccccc8)=N7)cccc6n(-c6ccccc6)c5c4)c23)CC1. The van der Waals surface area contributed by atoms with Crippen LogP contribution in [0.1, 0.15) is 39.7 Å². The third kappa shape index (κ3) is 7.13. The highest BCUT2D eigenvalue weighted by Crippen LogP contribution is 2.47. The second-order valence-corrected chi connectivity index (χ2v) is 20.7. The van der Waals surface area contributed by atoms with Crippen molar-refractivity contribution in [2.75, 3.05) is 0 Å². The van der Waals surface area contributed by atoms with E-state index in [1.54, 1.807) is 0 Å². The molecule has 1 N–H and O–H groups in total. The van der Waals surface area contributed by atoms with Crippen LogP contribution in [0.15, 0.2) is 253 Å². The lowest BCUT2D eigenvalue weighted by Crippen LogP contribution is -2.33. The molecule has 0 saturated heterocycles. The summed E-state index contributed by atoms with van der Waals surface area (Å²) in [5.41, 5.74) is 18.2. The minimum absolute atomic E-state index is 0.346. The van der Waals surface area contributed by atoms with Gasteiger partial charge in [-0.2, -0.15) is 0 Å². The smallest absolute Gasteiger partial charge is 0.161 e. The van der Waals surface area contributed by atoms with E-state index in [0.717, 1.165) is 68.9 Å². The fourth-order valence-corrected chi connectivity index (χ4v) is 13.1. The molecule has 13 aromatic rings. The van der Waals surface area contributed by atoms with E-state index < -0.39 is 0 Å². The summed E-state index contributed by atoms with van der Waals surface area (Å²) in [6, 6.07) is 85.7. The molecule has 0 fully saturated rings. The van der Waals surface area contributed by atoms with Crippen LogP contribution in [-0.2, 0) is 6.42 Å². The van der Waals surface area contributed by atoms with E-state index in [0.29, 0.717) is 5.84 Å². The van der Waals surface area contributed by atoms with E-state index in [1.807, 2.05) is 23.5 Å². The molecular weight excluding hydrogens is 931 g/mol. The van der Waals surface area contributed by atoms with Crippen LogP contribution in [0.25, 0.3) is 105 Å². The van der Waals surface area contributed by atoms with Crippen LogP contribution in [0.2, 0.25) is 0 Å². The first kappa shape index (κ1) is 43.2. The number of hydrogen-bond donors (Lipinski definition) is 1. The van der Waals surface area contributed by atoms with Gasteiger partial charge in [-0.15, -0.1) is 11.3 Å². The van der Waals surface area contributed by atoms with Crippen LogP contribution in [0, 0.1) is 0 Å². The van der Waals surface area contributed by atoms with Crippen molar-refractivity contribution in [3.05, 3.63) is 270 Å². The van der Waals surface area contributed by atoms with Crippen molar-refractivity contribution in [3.8, 4) is 44.8 Å². The molecule has 0 spiro atoms. The molecule has 1 atom stereocenters. The number of aromatic nitrogens is 2. The summed E-state index contributed by atoms with van der Waals surface area (Å²) in [5.74, 6) is 1.45. The molecule has 0 saturated carbocycles. The van der Waals surface area contributed by atoms with Crippen molar-refractivity contribution < 1.29 is 0 Å². The molecule has 354 valence electrons. The van der Waals surface area contributed by atoms with Gasteiger partial charge in [-0.25, -0.2) is 9.98 Å². The van der Waals surface area contributed by atoms with Gasteiger partial charge >= 0.3 is 0 Å². The van der Waals surface area contributed by atoms with Gasteiger partial charge in [-0.1, -0.05) is 194 Å². The maximum Gasteiger partial charge on any atom is 0.161 e. The Bertz CT molecular complexity index is 4480. The molecule has 0 radical (unpaired) electrons. The molecule has 0 bridgehead atoms. The number of aryl methyl sites for hydroxylation is 1. The van der Waals surface area contributed by atoms with E-state index in [4.69, 9.17) is 9.98 Å². The van der Waals surface area contributed by atoms with Gasteiger partial charge in [0.25, 0.3) is 0 Å². The number of nitrogens with one attached hydrogen (secondary N) is 1. The second kappa shape index (κ2) is 17.7. The van der Waals surface area contributed by atoms with E-state index >= 15 is 0 Å². The number of aliphatic imine (C=N–C) groups is 2. The summed E-state index contributed by atoms with van der Waals surface area (Å²) in [6.07, 6.45) is 6.55. The highest BCUT2D eigenvalue weighted by atomic mass is 32.1. The summed E-state index contributed by atoms with van der Waals surface area (Å²) in [7, 11) is 0. The zero-order chi connectivity index (χ0) is 49.4. The Morgan fingerprint density at radius 3 is 1.85 bits per heavy atom. The number of amidine groups is 2. The van der Waals surface area contributed by atoms with Crippen LogP contribution in [0.4, 0.5) is 0 Å². The van der Waals surface area contributed by atoms with Crippen LogP contribution >= 0.6 is 11.3 Å². The van der Waals surface area contributed by atoms with Gasteiger partial charge in [0.05, 0.1) is 27.8 Å². The van der Waals surface area contributed by atoms with E-state index in [-0.39, 0.29) is 6.17 Å². The molecule has 15 rings (SSSR count). The molecular formula is C69H47N5S. The van der Waals surface area contributed by atoms with Gasteiger partial charge in [-0.05, 0) is 112 Å². The standard InChI is InChI=1S/C69H47N5S/c1-5-20-44(21-6-1)47-38-41-55(69-71-67(45-22-7-2-8-23-45)70-68(72-69)46-24-9-3-10-25-46)61(42-47)74-57-33-15-13-28-53(57)64-51(32-18-35-59(64)74)52-31-17-34-58-65(52)54-40-39-48(43-60(54)73(58)49-26-11-4-12-27-49)50-30-19-37-63-66(50)56-29-14-16-36-62(56)75-63/h1-15,17-35,37-43,67H,16,36H2,(H,70,71,72). The van der Waals surface area contributed by atoms with Crippen molar-refractivity contribution in [1.82, 2.24) is 14.5 Å². The molecule has 4 heterocycles. The minimum atomic E-state index is -0.346. The summed E-state index contributed by atoms with van der Waals surface area (Å²) in [6.45, 7) is 0. The lowest BCUT2D eigenvalue weighted by molar-refractivity contribution is 0.674. The number of fused-ring (bicyclic) bond motifs is 9. The zero-order valence-electron chi connectivity index (χ0n) is 40.9. The third-order valence-corrected chi connectivity index (χ3v) is 16.5. The minimum Gasteiger partial charge on any atom is -0.344 e. The lowest BCUT2D eigenvalue weighted by atomic mass is 9.93. The number of thiophene rings is 1. The van der Waals surface area contributed by atoms with Crippen molar-refractivity contribution in [2.45, 2.75) is 19.0 Å². The number of hydrogen-bond acceptors (Lipinski definition) is 4. The second-order valence-electron chi connectivity index (χ2n) is 19.5. The monoisotopic (exact) mass is 977 g/mol. The molecule has 6 heteroatoms. The van der Waals surface area contributed by atoms with Crippen LogP contribution in [0.3, 0.4) is 0 Å². The summed E-state index contributed by atoms with van der Waals surface area (Å²) in [4.78, 5) is 12.3. The average molecular weight is 978 g/mol. The van der Waals surface area contributed by atoms with E-state index in [2.05, 4.69) is 251 Å². The number of nitrogens with zero attached hydrogens (tertiary/aromatic N) is 4. The number of allylic oxidation sites excluding steroid dienone is 1. The summed E-state index contributed by atoms with van der Waals surface area (Å²) < 4.78 is 6.28. The predicted octanol–water partition coefficient (Wildman–Crippen LogP) is 17.6. The van der Waals surface area contributed by atoms with Crippen LogP contribution in [-0.4, -0.2) is 20.8 Å². The maximum absolute atomic E-state index is 5.44. The molecule has 1 unspecified atom stereocenters. The normalized spacial score (nSPS) is 14.4. The Kier molecular flexibility index (Phi) is 10.2. The molecule has 3 aromatic heterocycles. The fourth-order valence-electron chi connectivity index (χ4n) is 11.9. The highest BCUT2D eigenvalue weighted by Gasteiger charge is 2.27. The topological polar surface area (TPSA) is 46.6 Å². The molecule has 10 aromatic carbocycles. The van der Waals surface area contributed by atoms with Crippen molar-refractivity contribution in [2.24, 2.45) is 9.98 Å². The van der Waals surface area contributed by atoms with Crippen LogP contribution in [0.5, 0.6) is 0 Å². The van der Waals surface area contributed by atoms with Crippen LogP contribution < -0.4 is 5.32 Å². The van der Waals surface area contributed by atoms with Gasteiger partial charge < -0.3 is 14.5 Å². The molecule has 75 heavy (non-hydrogen) atoms. The third-order valence-electron chi connectivity index (χ3n) is 15.2. The molecule has 1 aliphatic carbocycles. The predicted molar refractivity (Wildman–Crippen MR) is 316 cm³/mol. The molecule has 1 aliphatic heterocycles.